The van der Waals surface area contributed by atoms with Crippen LogP contribution in [0, 0.1) is 13.8 Å². The minimum Gasteiger partial charge on any atom is -0.350 e. The first-order valence-electron chi connectivity index (χ1n) is 10.1. The summed E-state index contributed by atoms with van der Waals surface area (Å²) in [6.07, 6.45) is 2.41. The molecule has 1 aromatic heterocycles. The number of carbonyl (C=O) groups excluding carboxylic acids is 1. The third-order valence-electron chi connectivity index (χ3n) is 5.73. The molecule has 2 aliphatic heterocycles. The number of carbonyl (C=O) groups is 1. The maximum atomic E-state index is 12.8. The number of rotatable bonds is 5. The van der Waals surface area contributed by atoms with E-state index in [2.05, 4.69) is 15.2 Å². The van der Waals surface area contributed by atoms with E-state index in [-0.39, 0.29) is 35.9 Å². The molecule has 1 aromatic carbocycles. The van der Waals surface area contributed by atoms with Gasteiger partial charge in [-0.15, -0.1) is 11.3 Å². The van der Waals surface area contributed by atoms with Crippen LogP contribution in [0.2, 0.25) is 0 Å². The molecule has 156 valence electrons. The minimum absolute atomic E-state index is 0.0342. The van der Waals surface area contributed by atoms with Gasteiger partial charge in [-0.3, -0.25) is 9.69 Å². The van der Waals surface area contributed by atoms with Gasteiger partial charge in [0.15, 0.2) is 9.84 Å². The summed E-state index contributed by atoms with van der Waals surface area (Å²) in [4.78, 5) is 20.6. The summed E-state index contributed by atoms with van der Waals surface area (Å²) in [5.74, 6) is 0.0480. The number of nitrogens with zero attached hydrogens (tertiary/aromatic N) is 2. The van der Waals surface area contributed by atoms with Crippen molar-refractivity contribution in [3.05, 3.63) is 39.7 Å². The van der Waals surface area contributed by atoms with E-state index < -0.39 is 9.84 Å². The molecule has 1 amide bonds. The summed E-state index contributed by atoms with van der Waals surface area (Å²) in [6.45, 7) is 5.81. The van der Waals surface area contributed by atoms with Crippen molar-refractivity contribution >= 4 is 27.1 Å². The molecule has 0 radical (unpaired) electrons. The van der Waals surface area contributed by atoms with Crippen LogP contribution >= 0.6 is 11.3 Å². The molecular weight excluding hydrogens is 406 g/mol. The number of benzene rings is 1. The highest BCUT2D eigenvalue weighted by Gasteiger charge is 2.42. The van der Waals surface area contributed by atoms with Gasteiger partial charge < -0.3 is 5.32 Å². The summed E-state index contributed by atoms with van der Waals surface area (Å²) < 4.78 is 24.5. The van der Waals surface area contributed by atoms with Crippen LogP contribution in [-0.2, 0) is 21.1 Å². The van der Waals surface area contributed by atoms with E-state index >= 15 is 0 Å². The Morgan fingerprint density at radius 3 is 2.55 bits per heavy atom. The normalized spacial score (nSPS) is 24.1. The van der Waals surface area contributed by atoms with Gasteiger partial charge in [0, 0.05) is 16.5 Å². The predicted molar refractivity (Wildman–Crippen MR) is 116 cm³/mol. The number of hydrogen-bond donors (Lipinski definition) is 1. The SMILES string of the molecule is Cc1ccc(-c2nc(C)sc2CC(=O)NC2CS(=O)(=O)CC2N2CCCC2)cc1. The first-order valence-corrected chi connectivity index (χ1v) is 12.7. The van der Waals surface area contributed by atoms with Crippen molar-refractivity contribution in [2.24, 2.45) is 0 Å². The van der Waals surface area contributed by atoms with Gasteiger partial charge in [-0.05, 0) is 39.8 Å². The monoisotopic (exact) mass is 433 g/mol. The lowest BCUT2D eigenvalue weighted by Gasteiger charge is -2.28. The molecule has 29 heavy (non-hydrogen) atoms. The Labute approximate surface area is 176 Å². The van der Waals surface area contributed by atoms with Crippen molar-refractivity contribution in [1.82, 2.24) is 15.2 Å². The lowest BCUT2D eigenvalue weighted by atomic mass is 10.1. The Balaban J connectivity index is 1.49. The van der Waals surface area contributed by atoms with E-state index in [9.17, 15) is 13.2 Å². The molecule has 2 aliphatic rings. The fourth-order valence-electron chi connectivity index (χ4n) is 4.33. The predicted octanol–water partition coefficient (Wildman–Crippen LogP) is 2.35. The molecule has 2 atom stereocenters. The zero-order valence-electron chi connectivity index (χ0n) is 16.8. The van der Waals surface area contributed by atoms with E-state index in [1.54, 1.807) is 0 Å². The molecule has 0 bridgehead atoms. The number of amides is 1. The van der Waals surface area contributed by atoms with Crippen molar-refractivity contribution in [3.8, 4) is 11.3 Å². The number of hydrogen-bond acceptors (Lipinski definition) is 6. The quantitative estimate of drug-likeness (QED) is 0.783. The third kappa shape index (κ3) is 4.70. The first kappa shape index (κ1) is 20.5. The number of aromatic nitrogens is 1. The molecule has 6 nitrogen and oxygen atoms in total. The van der Waals surface area contributed by atoms with Crippen LogP contribution in [0.5, 0.6) is 0 Å². The second-order valence-electron chi connectivity index (χ2n) is 8.11. The van der Waals surface area contributed by atoms with Gasteiger partial charge in [-0.1, -0.05) is 29.8 Å². The third-order valence-corrected chi connectivity index (χ3v) is 8.42. The Morgan fingerprint density at radius 1 is 1.17 bits per heavy atom. The van der Waals surface area contributed by atoms with Gasteiger partial charge >= 0.3 is 0 Å². The van der Waals surface area contributed by atoms with E-state index in [0.29, 0.717) is 0 Å². The number of thiazole rings is 1. The maximum absolute atomic E-state index is 12.8. The van der Waals surface area contributed by atoms with E-state index in [1.807, 2.05) is 38.1 Å². The molecule has 1 N–H and O–H groups in total. The van der Waals surface area contributed by atoms with Crippen molar-refractivity contribution < 1.29 is 13.2 Å². The van der Waals surface area contributed by atoms with Crippen LogP contribution in [0.3, 0.4) is 0 Å². The zero-order valence-corrected chi connectivity index (χ0v) is 18.5. The molecule has 2 aromatic rings. The standard InChI is InChI=1S/C21H27N3O3S2/c1-14-5-7-16(8-6-14)21-19(28-15(2)22-21)11-20(25)23-17-12-29(26,27)13-18(17)24-9-3-4-10-24/h5-8,17-18H,3-4,9-13H2,1-2H3,(H,23,25). The average Bonchev–Trinajstić information content (AvgIpc) is 3.35. The topological polar surface area (TPSA) is 79.4 Å². The highest BCUT2D eigenvalue weighted by molar-refractivity contribution is 7.91. The van der Waals surface area contributed by atoms with Gasteiger partial charge in [0.1, 0.15) is 0 Å². The molecular formula is C21H27N3O3S2. The zero-order chi connectivity index (χ0) is 20.6. The molecule has 0 spiro atoms. The summed E-state index contributed by atoms with van der Waals surface area (Å²) in [6, 6.07) is 7.69. The molecule has 8 heteroatoms. The van der Waals surface area contributed by atoms with Crippen molar-refractivity contribution in [2.75, 3.05) is 24.6 Å². The van der Waals surface area contributed by atoms with Crippen LogP contribution in [0.1, 0.15) is 28.3 Å². The van der Waals surface area contributed by atoms with Crippen LogP contribution < -0.4 is 5.32 Å². The van der Waals surface area contributed by atoms with Crippen molar-refractivity contribution in [1.29, 1.82) is 0 Å². The molecule has 2 fully saturated rings. The number of likely N-dealkylation sites (tertiary alicyclic amines) is 1. The Hall–Kier alpha value is -1.77. The number of nitrogens with one attached hydrogen (secondary N) is 1. The number of aryl methyl sites for hydroxylation is 2. The van der Waals surface area contributed by atoms with E-state index in [0.717, 1.165) is 47.1 Å². The van der Waals surface area contributed by atoms with Crippen molar-refractivity contribution in [3.63, 3.8) is 0 Å². The lowest BCUT2D eigenvalue weighted by molar-refractivity contribution is -0.121. The van der Waals surface area contributed by atoms with Gasteiger partial charge in [-0.25, -0.2) is 13.4 Å². The molecule has 0 aliphatic carbocycles. The Morgan fingerprint density at radius 2 is 1.86 bits per heavy atom. The fourth-order valence-corrected chi connectivity index (χ4v) is 7.24. The van der Waals surface area contributed by atoms with Gasteiger partial charge in [0.2, 0.25) is 5.91 Å². The maximum Gasteiger partial charge on any atom is 0.225 e. The largest absolute Gasteiger partial charge is 0.350 e. The van der Waals surface area contributed by atoms with Crippen LogP contribution in [-0.4, -0.2) is 60.9 Å². The highest BCUT2D eigenvalue weighted by Crippen LogP contribution is 2.29. The lowest BCUT2D eigenvalue weighted by Crippen LogP contribution is -2.50. The van der Waals surface area contributed by atoms with E-state index in [4.69, 9.17) is 0 Å². The summed E-state index contributed by atoms with van der Waals surface area (Å²) >= 11 is 1.52. The minimum atomic E-state index is -3.12. The van der Waals surface area contributed by atoms with Crippen LogP contribution in [0.15, 0.2) is 24.3 Å². The van der Waals surface area contributed by atoms with Crippen LogP contribution in [0.25, 0.3) is 11.3 Å². The molecule has 2 saturated heterocycles. The van der Waals surface area contributed by atoms with Gasteiger partial charge in [-0.2, -0.15) is 0 Å². The molecule has 4 rings (SSSR count). The Kier molecular flexibility index (Phi) is 5.77. The second kappa shape index (κ2) is 8.16. The van der Waals surface area contributed by atoms with E-state index in [1.165, 1.54) is 16.9 Å². The van der Waals surface area contributed by atoms with Gasteiger partial charge in [0.25, 0.3) is 0 Å². The second-order valence-corrected chi connectivity index (χ2v) is 11.6. The summed E-state index contributed by atoms with van der Waals surface area (Å²) in [5.41, 5.74) is 3.02. The molecule has 0 saturated carbocycles. The summed E-state index contributed by atoms with van der Waals surface area (Å²) in [5, 5.41) is 3.94. The Bertz CT molecular complexity index is 993. The van der Waals surface area contributed by atoms with Crippen LogP contribution in [0.4, 0.5) is 0 Å². The highest BCUT2D eigenvalue weighted by atomic mass is 32.2. The average molecular weight is 434 g/mol. The van der Waals surface area contributed by atoms with Gasteiger partial charge in [0.05, 0.1) is 34.7 Å². The summed E-state index contributed by atoms with van der Waals surface area (Å²) in [7, 11) is -3.12. The first-order chi connectivity index (χ1) is 13.8. The molecule has 2 unspecified atom stereocenters. The number of sulfone groups is 1. The molecule has 3 heterocycles. The van der Waals surface area contributed by atoms with Crippen molar-refractivity contribution in [2.45, 2.75) is 45.2 Å². The fraction of sp³-hybridized carbons (Fsp3) is 0.524. The smallest absolute Gasteiger partial charge is 0.225 e.